The summed E-state index contributed by atoms with van der Waals surface area (Å²) in [5.74, 6) is 0. The number of pyridine rings is 1. The third-order valence-electron chi connectivity index (χ3n) is 3.54. The number of rotatable bonds is 4. The molecular weight excluding hydrogens is 330 g/mol. The van der Waals surface area contributed by atoms with Crippen LogP contribution in [0.1, 0.15) is 5.56 Å². The van der Waals surface area contributed by atoms with Crippen LogP contribution < -0.4 is 4.72 Å². The molecule has 0 saturated heterocycles. The molecule has 0 saturated carbocycles. The SMILES string of the molecule is Cc1ccc(NS(=O)(=O)c2cccc3cccnc23)cc1[N+](=O)[O-]. The van der Waals surface area contributed by atoms with Crippen LogP contribution in [-0.2, 0) is 10.0 Å². The van der Waals surface area contributed by atoms with Gasteiger partial charge in [0.1, 0.15) is 4.90 Å². The van der Waals surface area contributed by atoms with Gasteiger partial charge in [-0.15, -0.1) is 0 Å². The quantitative estimate of drug-likeness (QED) is 0.578. The number of sulfonamides is 1. The molecule has 1 N–H and O–H groups in total. The number of aromatic nitrogens is 1. The molecule has 1 heterocycles. The summed E-state index contributed by atoms with van der Waals surface area (Å²) in [4.78, 5) is 14.6. The number of aryl methyl sites for hydroxylation is 1. The van der Waals surface area contributed by atoms with Crippen LogP contribution in [0, 0.1) is 17.0 Å². The maximum Gasteiger partial charge on any atom is 0.274 e. The zero-order valence-corrected chi connectivity index (χ0v) is 13.4. The van der Waals surface area contributed by atoms with E-state index in [1.54, 1.807) is 31.2 Å². The number of anilines is 1. The number of nitro benzene ring substituents is 1. The summed E-state index contributed by atoms with van der Waals surface area (Å²) < 4.78 is 27.7. The number of hydrogen-bond acceptors (Lipinski definition) is 5. The second kappa shape index (κ2) is 5.89. The van der Waals surface area contributed by atoms with E-state index >= 15 is 0 Å². The number of nitrogens with one attached hydrogen (secondary N) is 1. The number of nitro groups is 1. The van der Waals surface area contributed by atoms with E-state index in [1.165, 1.54) is 30.5 Å². The zero-order valence-electron chi connectivity index (χ0n) is 12.6. The third-order valence-corrected chi connectivity index (χ3v) is 4.96. The highest BCUT2D eigenvalue weighted by molar-refractivity contribution is 7.93. The van der Waals surface area contributed by atoms with Crippen molar-refractivity contribution in [1.29, 1.82) is 0 Å². The first-order valence-electron chi connectivity index (χ1n) is 7.00. The Balaban J connectivity index is 2.06. The van der Waals surface area contributed by atoms with Crippen molar-refractivity contribution in [2.75, 3.05) is 4.72 Å². The zero-order chi connectivity index (χ0) is 17.3. The van der Waals surface area contributed by atoms with E-state index < -0.39 is 14.9 Å². The lowest BCUT2D eigenvalue weighted by atomic mass is 10.2. The monoisotopic (exact) mass is 343 g/mol. The van der Waals surface area contributed by atoms with Crippen LogP contribution in [-0.4, -0.2) is 18.3 Å². The summed E-state index contributed by atoms with van der Waals surface area (Å²) in [6, 6.07) is 12.5. The average molecular weight is 343 g/mol. The first-order chi connectivity index (χ1) is 11.4. The predicted octanol–water partition coefficient (Wildman–Crippen LogP) is 3.25. The van der Waals surface area contributed by atoms with Gasteiger partial charge >= 0.3 is 0 Å². The fourth-order valence-electron chi connectivity index (χ4n) is 2.37. The number of hydrogen-bond donors (Lipinski definition) is 1. The average Bonchev–Trinajstić information content (AvgIpc) is 2.55. The predicted molar refractivity (Wildman–Crippen MR) is 90.4 cm³/mol. The first-order valence-corrected chi connectivity index (χ1v) is 8.48. The van der Waals surface area contributed by atoms with E-state index in [4.69, 9.17) is 0 Å². The molecular formula is C16H13N3O4S. The highest BCUT2D eigenvalue weighted by Gasteiger charge is 2.20. The van der Waals surface area contributed by atoms with Crippen molar-refractivity contribution < 1.29 is 13.3 Å². The fraction of sp³-hybridized carbons (Fsp3) is 0.0625. The molecule has 24 heavy (non-hydrogen) atoms. The van der Waals surface area contributed by atoms with Crippen molar-refractivity contribution >= 4 is 32.3 Å². The second-order valence-electron chi connectivity index (χ2n) is 5.20. The Bertz CT molecular complexity index is 1040. The topological polar surface area (TPSA) is 102 Å². The highest BCUT2D eigenvalue weighted by atomic mass is 32.2. The lowest BCUT2D eigenvalue weighted by Crippen LogP contribution is -2.14. The smallest absolute Gasteiger partial charge is 0.274 e. The van der Waals surface area contributed by atoms with E-state index in [0.29, 0.717) is 16.5 Å². The molecule has 0 fully saturated rings. The normalized spacial score (nSPS) is 11.4. The van der Waals surface area contributed by atoms with E-state index in [9.17, 15) is 18.5 Å². The van der Waals surface area contributed by atoms with Gasteiger partial charge in [0, 0.05) is 23.2 Å². The second-order valence-corrected chi connectivity index (χ2v) is 6.85. The molecule has 0 amide bonds. The van der Waals surface area contributed by atoms with Crippen LogP contribution in [0.2, 0.25) is 0 Å². The molecule has 0 atom stereocenters. The van der Waals surface area contributed by atoms with Gasteiger partial charge in [-0.2, -0.15) is 0 Å². The number of para-hydroxylation sites is 1. The van der Waals surface area contributed by atoms with Crippen molar-refractivity contribution in [3.63, 3.8) is 0 Å². The summed E-state index contributed by atoms with van der Waals surface area (Å²) in [6.45, 7) is 1.59. The van der Waals surface area contributed by atoms with Crippen LogP contribution in [0.5, 0.6) is 0 Å². The Labute approximate surface area is 138 Å². The molecule has 1 aromatic heterocycles. The van der Waals surface area contributed by atoms with Crippen LogP contribution in [0.25, 0.3) is 10.9 Å². The summed E-state index contributed by atoms with van der Waals surface area (Å²) in [5, 5.41) is 11.7. The standard InChI is InChI=1S/C16H13N3O4S/c1-11-7-8-13(10-14(11)19(20)21)18-24(22,23)15-6-2-4-12-5-3-9-17-16(12)15/h2-10,18H,1H3. The summed E-state index contributed by atoms with van der Waals surface area (Å²) in [6.07, 6.45) is 1.51. The minimum Gasteiger partial charge on any atom is -0.279 e. The Morgan fingerprint density at radius 3 is 2.62 bits per heavy atom. The molecule has 2 aromatic carbocycles. The lowest BCUT2D eigenvalue weighted by molar-refractivity contribution is -0.385. The Morgan fingerprint density at radius 1 is 1.12 bits per heavy atom. The van der Waals surface area contributed by atoms with Gasteiger partial charge in [-0.3, -0.25) is 19.8 Å². The molecule has 0 radical (unpaired) electrons. The van der Waals surface area contributed by atoms with Crippen LogP contribution >= 0.6 is 0 Å². The Hall–Kier alpha value is -3.00. The molecule has 0 unspecified atom stereocenters. The largest absolute Gasteiger partial charge is 0.279 e. The molecule has 0 bridgehead atoms. The Morgan fingerprint density at radius 2 is 1.88 bits per heavy atom. The molecule has 0 aliphatic heterocycles. The van der Waals surface area contributed by atoms with Gasteiger partial charge in [0.25, 0.3) is 15.7 Å². The van der Waals surface area contributed by atoms with Gasteiger partial charge in [0.15, 0.2) is 0 Å². The van der Waals surface area contributed by atoms with Gasteiger partial charge < -0.3 is 0 Å². The molecule has 8 heteroatoms. The van der Waals surface area contributed by atoms with Crippen LogP contribution in [0.4, 0.5) is 11.4 Å². The highest BCUT2D eigenvalue weighted by Crippen LogP contribution is 2.26. The molecule has 3 rings (SSSR count). The lowest BCUT2D eigenvalue weighted by Gasteiger charge is -2.10. The molecule has 0 aliphatic carbocycles. The minimum absolute atomic E-state index is 0.0174. The molecule has 3 aromatic rings. The Kier molecular flexibility index (Phi) is 3.90. The number of nitrogens with zero attached hydrogens (tertiary/aromatic N) is 2. The third kappa shape index (κ3) is 2.91. The van der Waals surface area contributed by atoms with Crippen molar-refractivity contribution in [1.82, 2.24) is 4.98 Å². The van der Waals surface area contributed by atoms with E-state index in [2.05, 4.69) is 9.71 Å². The van der Waals surface area contributed by atoms with Gasteiger partial charge in [0.05, 0.1) is 16.1 Å². The first kappa shape index (κ1) is 15.9. The summed E-state index contributed by atoms with van der Waals surface area (Å²) in [5.41, 5.74) is 0.773. The number of benzene rings is 2. The van der Waals surface area contributed by atoms with E-state index in [0.717, 1.165) is 0 Å². The van der Waals surface area contributed by atoms with Crippen molar-refractivity contribution in [3.8, 4) is 0 Å². The van der Waals surface area contributed by atoms with Gasteiger partial charge in [0.2, 0.25) is 0 Å². The van der Waals surface area contributed by atoms with E-state index in [-0.39, 0.29) is 16.3 Å². The summed E-state index contributed by atoms with van der Waals surface area (Å²) >= 11 is 0. The molecule has 0 aliphatic rings. The minimum atomic E-state index is -3.93. The molecule has 7 nitrogen and oxygen atoms in total. The van der Waals surface area contributed by atoms with Crippen molar-refractivity contribution in [2.24, 2.45) is 0 Å². The van der Waals surface area contributed by atoms with E-state index in [1.807, 2.05) is 0 Å². The van der Waals surface area contributed by atoms with Crippen LogP contribution in [0.15, 0.2) is 59.6 Å². The van der Waals surface area contributed by atoms with Gasteiger partial charge in [-0.05, 0) is 25.1 Å². The molecule has 122 valence electrons. The fourth-order valence-corrected chi connectivity index (χ4v) is 3.60. The van der Waals surface area contributed by atoms with Gasteiger partial charge in [-0.25, -0.2) is 8.42 Å². The maximum atomic E-state index is 12.7. The van der Waals surface area contributed by atoms with Crippen molar-refractivity contribution in [2.45, 2.75) is 11.8 Å². The maximum absolute atomic E-state index is 12.7. The van der Waals surface area contributed by atoms with Gasteiger partial charge in [-0.1, -0.05) is 24.3 Å². The number of fused-ring (bicyclic) bond motifs is 1. The van der Waals surface area contributed by atoms with Crippen molar-refractivity contribution in [3.05, 3.63) is 70.4 Å². The van der Waals surface area contributed by atoms with Crippen LogP contribution in [0.3, 0.4) is 0 Å². The molecule has 0 spiro atoms. The summed E-state index contributed by atoms with van der Waals surface area (Å²) in [7, 11) is -3.93.